The van der Waals surface area contributed by atoms with Crippen molar-refractivity contribution in [2.75, 3.05) is 5.75 Å². The van der Waals surface area contributed by atoms with Crippen LogP contribution < -0.4 is 5.43 Å². The molecule has 0 aliphatic heterocycles. The lowest BCUT2D eigenvalue weighted by Crippen LogP contribution is -2.19. The molecule has 32 heavy (non-hydrogen) atoms. The number of hydrazone groups is 1. The lowest BCUT2D eigenvalue weighted by Gasteiger charge is -2.10. The standard InChI is InChI=1S/C21H14BrCl2N5OS2/c22-18-10-9-17(32-18)11-25-26-19(30)12-31-21-28-27-20(13-1-3-14(23)4-2-13)29(21)16-7-5-15(24)6-8-16/h1-11H,12H2,(H,26,30). The first-order chi connectivity index (χ1) is 15.5. The molecule has 0 saturated carbocycles. The number of thioether (sulfide) groups is 1. The molecule has 2 aromatic heterocycles. The fourth-order valence-electron chi connectivity index (χ4n) is 2.70. The minimum absolute atomic E-state index is 0.123. The maximum atomic E-state index is 12.3. The number of aromatic nitrogens is 3. The zero-order valence-electron chi connectivity index (χ0n) is 16.2. The molecule has 162 valence electrons. The molecule has 2 aromatic carbocycles. The van der Waals surface area contributed by atoms with Gasteiger partial charge in [-0.15, -0.1) is 21.5 Å². The highest BCUT2D eigenvalue weighted by Gasteiger charge is 2.17. The van der Waals surface area contributed by atoms with Crippen LogP contribution in [0.15, 0.2) is 74.7 Å². The number of nitrogens with zero attached hydrogens (tertiary/aromatic N) is 4. The molecule has 0 aliphatic carbocycles. The molecule has 0 fully saturated rings. The topological polar surface area (TPSA) is 72.2 Å². The smallest absolute Gasteiger partial charge is 0.250 e. The van der Waals surface area contributed by atoms with Gasteiger partial charge in [0.15, 0.2) is 11.0 Å². The number of carbonyl (C=O) groups excluding carboxylic acids is 1. The van der Waals surface area contributed by atoms with E-state index in [1.165, 1.54) is 23.1 Å². The average Bonchev–Trinajstić information content (AvgIpc) is 3.39. The summed E-state index contributed by atoms with van der Waals surface area (Å²) in [7, 11) is 0. The number of hydrogen-bond donors (Lipinski definition) is 1. The van der Waals surface area contributed by atoms with Gasteiger partial charge in [-0.05, 0) is 76.6 Å². The highest BCUT2D eigenvalue weighted by Crippen LogP contribution is 2.29. The minimum atomic E-state index is -0.249. The number of benzene rings is 2. The van der Waals surface area contributed by atoms with Gasteiger partial charge >= 0.3 is 0 Å². The van der Waals surface area contributed by atoms with Gasteiger partial charge in [-0.2, -0.15) is 5.10 Å². The Morgan fingerprint density at radius 1 is 1.06 bits per heavy atom. The van der Waals surface area contributed by atoms with Gasteiger partial charge < -0.3 is 0 Å². The Kier molecular flexibility index (Phi) is 7.64. The Hall–Kier alpha value is -2.17. The van der Waals surface area contributed by atoms with E-state index in [1.54, 1.807) is 30.5 Å². The van der Waals surface area contributed by atoms with Crippen molar-refractivity contribution in [1.82, 2.24) is 20.2 Å². The molecule has 0 aliphatic rings. The summed E-state index contributed by atoms with van der Waals surface area (Å²) >= 11 is 18.3. The molecule has 6 nitrogen and oxygen atoms in total. The Morgan fingerprint density at radius 2 is 1.75 bits per heavy atom. The molecule has 4 aromatic rings. The molecule has 0 unspecified atom stereocenters. The van der Waals surface area contributed by atoms with Crippen LogP contribution in [0.1, 0.15) is 4.88 Å². The number of nitrogens with one attached hydrogen (secondary N) is 1. The van der Waals surface area contributed by atoms with Crippen molar-refractivity contribution in [3.05, 3.63) is 79.4 Å². The van der Waals surface area contributed by atoms with E-state index < -0.39 is 0 Å². The van der Waals surface area contributed by atoms with Crippen molar-refractivity contribution < 1.29 is 4.79 Å². The van der Waals surface area contributed by atoms with Crippen molar-refractivity contribution in [3.63, 3.8) is 0 Å². The summed E-state index contributed by atoms with van der Waals surface area (Å²) in [6, 6.07) is 18.5. The van der Waals surface area contributed by atoms with E-state index in [4.69, 9.17) is 23.2 Å². The zero-order valence-corrected chi connectivity index (χ0v) is 20.9. The highest BCUT2D eigenvalue weighted by molar-refractivity contribution is 9.11. The summed E-state index contributed by atoms with van der Waals surface area (Å²) in [6.45, 7) is 0. The first-order valence-corrected chi connectivity index (χ1v) is 12.5. The van der Waals surface area contributed by atoms with Gasteiger partial charge in [-0.25, -0.2) is 5.43 Å². The van der Waals surface area contributed by atoms with E-state index in [2.05, 4.69) is 36.7 Å². The molecule has 0 atom stereocenters. The van der Waals surface area contributed by atoms with E-state index >= 15 is 0 Å². The number of thiophene rings is 1. The van der Waals surface area contributed by atoms with Crippen molar-refractivity contribution >= 4 is 74.4 Å². The van der Waals surface area contributed by atoms with Crippen LogP contribution in [-0.2, 0) is 4.79 Å². The van der Waals surface area contributed by atoms with Gasteiger partial charge in [0.05, 0.1) is 15.8 Å². The van der Waals surface area contributed by atoms with Crippen molar-refractivity contribution in [2.45, 2.75) is 5.16 Å². The number of halogens is 3. The molecule has 0 radical (unpaired) electrons. The molecule has 11 heteroatoms. The SMILES string of the molecule is O=C(CSc1nnc(-c2ccc(Cl)cc2)n1-c1ccc(Cl)cc1)NN=Cc1ccc(Br)s1. The third-order valence-electron chi connectivity index (χ3n) is 4.13. The van der Waals surface area contributed by atoms with Crippen LogP contribution in [0.25, 0.3) is 17.1 Å². The summed E-state index contributed by atoms with van der Waals surface area (Å²) in [5.74, 6) is 0.506. The number of hydrogen-bond acceptors (Lipinski definition) is 6. The van der Waals surface area contributed by atoms with Crippen LogP contribution in [0.2, 0.25) is 10.0 Å². The van der Waals surface area contributed by atoms with Crippen LogP contribution in [0, 0.1) is 0 Å². The number of amides is 1. The lowest BCUT2D eigenvalue weighted by molar-refractivity contribution is -0.118. The van der Waals surface area contributed by atoms with Gasteiger partial charge in [0, 0.05) is 26.2 Å². The molecule has 4 rings (SSSR count). The van der Waals surface area contributed by atoms with Gasteiger partial charge in [0.1, 0.15) is 0 Å². The fraction of sp³-hybridized carbons (Fsp3) is 0.0476. The summed E-state index contributed by atoms with van der Waals surface area (Å²) in [5, 5.41) is 14.5. The molecule has 1 N–H and O–H groups in total. The van der Waals surface area contributed by atoms with E-state index in [0.29, 0.717) is 21.0 Å². The maximum Gasteiger partial charge on any atom is 0.250 e. The summed E-state index contributed by atoms with van der Waals surface area (Å²) < 4.78 is 2.88. The van der Waals surface area contributed by atoms with Crippen LogP contribution in [-0.4, -0.2) is 32.6 Å². The van der Waals surface area contributed by atoms with Crippen LogP contribution in [0.3, 0.4) is 0 Å². The summed E-state index contributed by atoms with van der Waals surface area (Å²) in [4.78, 5) is 13.2. The summed E-state index contributed by atoms with van der Waals surface area (Å²) in [6.07, 6.45) is 1.60. The Labute approximate surface area is 210 Å². The fourth-order valence-corrected chi connectivity index (χ4v) is 4.99. The van der Waals surface area contributed by atoms with E-state index in [1.807, 2.05) is 41.0 Å². The lowest BCUT2D eigenvalue weighted by atomic mass is 10.2. The molecule has 0 bridgehead atoms. The van der Waals surface area contributed by atoms with Gasteiger partial charge in [0.2, 0.25) is 0 Å². The largest absolute Gasteiger partial charge is 0.272 e. The van der Waals surface area contributed by atoms with Crippen molar-refractivity contribution in [3.8, 4) is 17.1 Å². The van der Waals surface area contributed by atoms with Crippen LogP contribution >= 0.6 is 62.2 Å². The third kappa shape index (κ3) is 5.79. The van der Waals surface area contributed by atoms with Crippen molar-refractivity contribution in [1.29, 1.82) is 0 Å². The normalized spacial score (nSPS) is 11.2. The Balaban J connectivity index is 1.52. The minimum Gasteiger partial charge on any atom is -0.272 e. The van der Waals surface area contributed by atoms with Gasteiger partial charge in [-0.3, -0.25) is 9.36 Å². The molecule has 0 saturated heterocycles. The summed E-state index contributed by atoms with van der Waals surface area (Å²) in [5.41, 5.74) is 4.21. The highest BCUT2D eigenvalue weighted by atomic mass is 79.9. The second-order valence-corrected chi connectivity index (χ2v) is 10.7. The first kappa shape index (κ1) is 23.0. The quantitative estimate of drug-likeness (QED) is 0.162. The Bertz CT molecular complexity index is 1260. The van der Waals surface area contributed by atoms with Gasteiger partial charge in [0.25, 0.3) is 5.91 Å². The second kappa shape index (κ2) is 10.6. The Morgan fingerprint density at radius 3 is 2.41 bits per heavy atom. The van der Waals surface area contributed by atoms with E-state index in [0.717, 1.165) is 19.9 Å². The first-order valence-electron chi connectivity index (χ1n) is 9.17. The molecule has 2 heterocycles. The van der Waals surface area contributed by atoms with Crippen LogP contribution in [0.5, 0.6) is 0 Å². The number of carbonyl (C=O) groups is 1. The average molecular weight is 567 g/mol. The third-order valence-corrected chi connectivity index (χ3v) is 7.12. The molecule has 1 amide bonds. The monoisotopic (exact) mass is 565 g/mol. The zero-order chi connectivity index (χ0) is 22.5. The van der Waals surface area contributed by atoms with E-state index in [9.17, 15) is 4.79 Å². The van der Waals surface area contributed by atoms with Crippen molar-refractivity contribution in [2.24, 2.45) is 5.10 Å². The van der Waals surface area contributed by atoms with Gasteiger partial charge in [-0.1, -0.05) is 35.0 Å². The van der Waals surface area contributed by atoms with Crippen LogP contribution in [0.4, 0.5) is 0 Å². The molecule has 0 spiro atoms. The number of rotatable bonds is 7. The maximum absolute atomic E-state index is 12.3. The van der Waals surface area contributed by atoms with E-state index in [-0.39, 0.29) is 11.7 Å². The predicted octanol–water partition coefficient (Wildman–Crippen LogP) is 6.31. The molecular weight excluding hydrogens is 553 g/mol. The second-order valence-electron chi connectivity index (χ2n) is 6.35. The predicted molar refractivity (Wildman–Crippen MR) is 135 cm³/mol. The molecular formula is C21H14BrCl2N5OS2.